The smallest absolute Gasteiger partial charge is 0.234 e. The Labute approximate surface area is 213 Å². The lowest BCUT2D eigenvalue weighted by molar-refractivity contribution is -0.113. The number of nitrogens with zero attached hydrogens (tertiary/aromatic N) is 4. The summed E-state index contributed by atoms with van der Waals surface area (Å²) in [5.74, 6) is 2.06. The van der Waals surface area contributed by atoms with Crippen molar-refractivity contribution in [3.05, 3.63) is 109 Å². The topological polar surface area (TPSA) is 81.9 Å². The van der Waals surface area contributed by atoms with Crippen molar-refractivity contribution in [1.29, 1.82) is 0 Å². The molecule has 36 heavy (non-hydrogen) atoms. The van der Waals surface area contributed by atoms with Crippen LogP contribution >= 0.6 is 11.8 Å². The van der Waals surface area contributed by atoms with E-state index in [2.05, 4.69) is 20.5 Å². The van der Waals surface area contributed by atoms with Gasteiger partial charge in [-0.05, 0) is 55.0 Å². The Bertz CT molecular complexity index is 1470. The van der Waals surface area contributed by atoms with Crippen LogP contribution < -0.4 is 10.1 Å². The van der Waals surface area contributed by atoms with E-state index in [0.717, 1.165) is 22.6 Å². The number of thioether (sulfide) groups is 1. The molecular weight excluding hydrogens is 470 g/mol. The third-order valence-electron chi connectivity index (χ3n) is 5.34. The normalized spacial score (nSPS) is 10.7. The lowest BCUT2D eigenvalue weighted by Gasteiger charge is -2.13. The zero-order valence-corrected chi connectivity index (χ0v) is 20.4. The first-order chi connectivity index (χ1) is 17.7. The van der Waals surface area contributed by atoms with E-state index in [1.165, 1.54) is 11.8 Å². The standard InChI is InChI=1S/C28H23N5O2S/c1-20-9-5-6-15-25(20)33-27(21-10-8-16-29-18-21)31-32-28(33)36-19-26(34)30-22-11-7-14-24(17-22)35-23-12-3-2-4-13-23/h2-18H,19H2,1H3,(H,30,34). The maximum absolute atomic E-state index is 12.8. The first-order valence-electron chi connectivity index (χ1n) is 11.3. The first-order valence-corrected chi connectivity index (χ1v) is 12.3. The second kappa shape index (κ2) is 10.9. The summed E-state index contributed by atoms with van der Waals surface area (Å²) >= 11 is 1.33. The molecule has 5 aromatic rings. The molecule has 0 unspecified atom stereocenters. The number of rotatable bonds is 8. The van der Waals surface area contributed by atoms with Gasteiger partial charge in [-0.25, -0.2) is 0 Å². The average Bonchev–Trinajstić information content (AvgIpc) is 3.33. The van der Waals surface area contributed by atoms with Crippen LogP contribution in [0, 0.1) is 6.92 Å². The minimum atomic E-state index is -0.154. The second-order valence-corrected chi connectivity index (χ2v) is 8.89. The molecule has 0 saturated heterocycles. The number of aromatic nitrogens is 4. The molecule has 7 nitrogen and oxygen atoms in total. The second-order valence-electron chi connectivity index (χ2n) is 7.95. The summed E-state index contributed by atoms with van der Waals surface area (Å²) in [5.41, 5.74) is 3.53. The molecule has 0 aliphatic carbocycles. The summed E-state index contributed by atoms with van der Waals surface area (Å²) in [4.78, 5) is 17.0. The van der Waals surface area contributed by atoms with Gasteiger partial charge in [-0.3, -0.25) is 14.3 Å². The predicted molar refractivity (Wildman–Crippen MR) is 142 cm³/mol. The molecule has 5 rings (SSSR count). The summed E-state index contributed by atoms with van der Waals surface area (Å²) in [7, 11) is 0. The fourth-order valence-corrected chi connectivity index (χ4v) is 4.41. The maximum Gasteiger partial charge on any atom is 0.234 e. The summed E-state index contributed by atoms with van der Waals surface area (Å²) in [6, 6.07) is 28.7. The fraction of sp³-hybridized carbons (Fsp3) is 0.0714. The Morgan fingerprint density at radius 1 is 0.917 bits per heavy atom. The van der Waals surface area contributed by atoms with Gasteiger partial charge in [0.1, 0.15) is 11.5 Å². The van der Waals surface area contributed by atoms with E-state index in [0.29, 0.717) is 22.4 Å². The van der Waals surface area contributed by atoms with E-state index in [1.807, 2.05) is 96.4 Å². The maximum atomic E-state index is 12.8. The van der Waals surface area contributed by atoms with Crippen LogP contribution in [-0.4, -0.2) is 31.4 Å². The number of carbonyl (C=O) groups is 1. The molecule has 2 heterocycles. The van der Waals surface area contributed by atoms with Gasteiger partial charge in [0.15, 0.2) is 11.0 Å². The van der Waals surface area contributed by atoms with Crippen molar-refractivity contribution in [2.75, 3.05) is 11.1 Å². The zero-order chi connectivity index (χ0) is 24.7. The number of hydrogen-bond donors (Lipinski definition) is 1. The summed E-state index contributed by atoms with van der Waals surface area (Å²) < 4.78 is 7.84. The van der Waals surface area contributed by atoms with Crippen molar-refractivity contribution in [2.45, 2.75) is 12.1 Å². The van der Waals surface area contributed by atoms with Crippen LogP contribution in [0.15, 0.2) is 109 Å². The number of amides is 1. The number of benzene rings is 3. The number of ether oxygens (including phenoxy) is 1. The van der Waals surface area contributed by atoms with Crippen LogP contribution in [0.3, 0.4) is 0 Å². The average molecular weight is 494 g/mol. The third-order valence-corrected chi connectivity index (χ3v) is 6.27. The largest absolute Gasteiger partial charge is 0.457 e. The van der Waals surface area contributed by atoms with Crippen LogP contribution in [0.25, 0.3) is 17.1 Å². The summed E-state index contributed by atoms with van der Waals surface area (Å²) in [6.45, 7) is 2.04. The summed E-state index contributed by atoms with van der Waals surface area (Å²) in [5, 5.41) is 12.4. The first kappa shape index (κ1) is 23.3. The van der Waals surface area contributed by atoms with E-state index in [1.54, 1.807) is 18.5 Å². The Hall–Kier alpha value is -4.43. The quantitative estimate of drug-likeness (QED) is 0.261. The van der Waals surface area contributed by atoms with E-state index in [-0.39, 0.29) is 11.7 Å². The van der Waals surface area contributed by atoms with Crippen molar-refractivity contribution in [3.8, 4) is 28.6 Å². The predicted octanol–water partition coefficient (Wildman–Crippen LogP) is 6.16. The SMILES string of the molecule is Cc1ccccc1-n1c(SCC(=O)Nc2cccc(Oc3ccccc3)c2)nnc1-c1cccnc1. The van der Waals surface area contributed by atoms with E-state index in [4.69, 9.17) is 4.74 Å². The van der Waals surface area contributed by atoms with Gasteiger partial charge in [-0.2, -0.15) is 0 Å². The Morgan fingerprint density at radius 2 is 1.72 bits per heavy atom. The highest BCUT2D eigenvalue weighted by Crippen LogP contribution is 2.29. The number of para-hydroxylation sites is 2. The zero-order valence-electron chi connectivity index (χ0n) is 19.5. The van der Waals surface area contributed by atoms with Crippen LogP contribution in [0.5, 0.6) is 11.5 Å². The minimum absolute atomic E-state index is 0.154. The molecule has 0 spiro atoms. The minimum Gasteiger partial charge on any atom is -0.457 e. The lowest BCUT2D eigenvalue weighted by Crippen LogP contribution is -2.14. The molecule has 0 aliphatic heterocycles. The molecule has 0 radical (unpaired) electrons. The van der Waals surface area contributed by atoms with Gasteiger partial charge in [0.05, 0.1) is 11.4 Å². The lowest BCUT2D eigenvalue weighted by atomic mass is 10.2. The van der Waals surface area contributed by atoms with Crippen molar-refractivity contribution in [2.24, 2.45) is 0 Å². The van der Waals surface area contributed by atoms with Crippen LogP contribution in [0.4, 0.5) is 5.69 Å². The molecule has 2 aromatic heterocycles. The van der Waals surface area contributed by atoms with Crippen molar-refractivity contribution >= 4 is 23.4 Å². The number of carbonyl (C=O) groups excluding carboxylic acids is 1. The molecule has 0 bridgehead atoms. The van der Waals surface area contributed by atoms with Gasteiger partial charge in [0.25, 0.3) is 0 Å². The number of aryl methyl sites for hydroxylation is 1. The number of pyridine rings is 1. The molecule has 0 fully saturated rings. The third kappa shape index (κ3) is 5.45. The molecule has 178 valence electrons. The Morgan fingerprint density at radius 3 is 2.53 bits per heavy atom. The van der Waals surface area contributed by atoms with Crippen molar-refractivity contribution in [1.82, 2.24) is 19.7 Å². The molecule has 0 atom stereocenters. The van der Waals surface area contributed by atoms with Gasteiger partial charge in [0.2, 0.25) is 5.91 Å². The molecule has 1 amide bonds. The fourth-order valence-electron chi connectivity index (χ4n) is 3.67. The van der Waals surface area contributed by atoms with Crippen molar-refractivity contribution in [3.63, 3.8) is 0 Å². The number of anilines is 1. The van der Waals surface area contributed by atoms with Gasteiger partial charge in [-0.1, -0.05) is 54.2 Å². The highest BCUT2D eigenvalue weighted by molar-refractivity contribution is 7.99. The molecule has 0 aliphatic rings. The summed E-state index contributed by atoms with van der Waals surface area (Å²) in [6.07, 6.45) is 3.47. The van der Waals surface area contributed by atoms with Crippen LogP contribution in [0.1, 0.15) is 5.56 Å². The Balaban J connectivity index is 1.32. The highest BCUT2D eigenvalue weighted by Gasteiger charge is 2.18. The molecule has 1 N–H and O–H groups in total. The Kier molecular flexibility index (Phi) is 7.05. The van der Waals surface area contributed by atoms with E-state index < -0.39 is 0 Å². The van der Waals surface area contributed by atoms with Gasteiger partial charge < -0.3 is 10.1 Å². The monoisotopic (exact) mass is 493 g/mol. The molecule has 8 heteroatoms. The van der Waals surface area contributed by atoms with Gasteiger partial charge in [-0.15, -0.1) is 10.2 Å². The number of nitrogens with one attached hydrogen (secondary N) is 1. The molecular formula is C28H23N5O2S. The van der Waals surface area contributed by atoms with Crippen LogP contribution in [0.2, 0.25) is 0 Å². The molecule has 0 saturated carbocycles. The van der Waals surface area contributed by atoms with Crippen molar-refractivity contribution < 1.29 is 9.53 Å². The van der Waals surface area contributed by atoms with E-state index in [9.17, 15) is 4.79 Å². The van der Waals surface area contributed by atoms with E-state index >= 15 is 0 Å². The molecule has 3 aromatic carbocycles. The number of hydrogen-bond acceptors (Lipinski definition) is 6. The highest BCUT2D eigenvalue weighted by atomic mass is 32.2. The van der Waals surface area contributed by atoms with Gasteiger partial charge >= 0.3 is 0 Å². The van der Waals surface area contributed by atoms with Crippen LogP contribution in [-0.2, 0) is 4.79 Å². The van der Waals surface area contributed by atoms with Gasteiger partial charge in [0, 0.05) is 29.7 Å².